The van der Waals surface area contributed by atoms with Crippen LogP contribution in [0.3, 0.4) is 0 Å². The first kappa shape index (κ1) is 24.1. The Morgan fingerprint density at radius 1 is 1.11 bits per heavy atom. The summed E-state index contributed by atoms with van der Waals surface area (Å²) < 4.78 is 5.59. The average molecular weight is 395 g/mol. The highest BCUT2D eigenvalue weighted by atomic mass is 16.5. The molecule has 3 N–H and O–H groups in total. The van der Waals surface area contributed by atoms with Crippen LogP contribution in [0.4, 0.5) is 5.95 Å². The summed E-state index contributed by atoms with van der Waals surface area (Å²) >= 11 is 0. The molecule has 0 saturated heterocycles. The van der Waals surface area contributed by atoms with E-state index < -0.39 is 0 Å². The lowest BCUT2D eigenvalue weighted by Gasteiger charge is -2.26. The van der Waals surface area contributed by atoms with Crippen LogP contribution in [0.15, 0.2) is 6.20 Å². The maximum absolute atomic E-state index is 12.7. The van der Waals surface area contributed by atoms with Crippen molar-refractivity contribution in [1.82, 2.24) is 15.3 Å². The number of hydrogen-bond acceptors (Lipinski definition) is 6. The third-order valence-corrected chi connectivity index (χ3v) is 5.24. The van der Waals surface area contributed by atoms with Gasteiger partial charge in [-0.3, -0.25) is 4.79 Å². The molecule has 2 fully saturated rings. The third-order valence-electron chi connectivity index (χ3n) is 5.24. The molecule has 0 aromatic carbocycles. The summed E-state index contributed by atoms with van der Waals surface area (Å²) in [6.45, 7) is 2.31. The van der Waals surface area contributed by atoms with E-state index in [-0.39, 0.29) is 32.9 Å². The second-order valence-corrected chi connectivity index (χ2v) is 7.30. The monoisotopic (exact) mass is 394 g/mol. The van der Waals surface area contributed by atoms with Crippen LogP contribution in [0.5, 0.6) is 5.88 Å². The minimum absolute atomic E-state index is 0. The Balaban J connectivity index is 0.00000196. The minimum Gasteiger partial charge on any atom is -0.477 e. The zero-order chi connectivity index (χ0) is 18.4. The van der Waals surface area contributed by atoms with Crippen LogP contribution >= 0.6 is 0 Å². The van der Waals surface area contributed by atoms with Gasteiger partial charge in [0, 0.05) is 18.3 Å². The molecule has 160 valence electrons. The smallest absolute Gasteiger partial charge is 0.258 e. The first-order valence-corrected chi connectivity index (χ1v) is 9.91. The quantitative estimate of drug-likeness (QED) is 0.676. The van der Waals surface area contributed by atoms with Crippen molar-refractivity contribution in [2.45, 2.75) is 97.8 Å². The minimum atomic E-state index is -0.256. The molecule has 2 aliphatic rings. The van der Waals surface area contributed by atoms with E-state index in [1.54, 1.807) is 6.20 Å². The Morgan fingerprint density at radius 2 is 1.82 bits per heavy atom. The van der Waals surface area contributed by atoms with E-state index >= 15 is 0 Å². The summed E-state index contributed by atoms with van der Waals surface area (Å²) in [6.07, 6.45) is 10.1. The van der Waals surface area contributed by atoms with Crippen LogP contribution in [-0.4, -0.2) is 45.8 Å². The van der Waals surface area contributed by atoms with Crippen LogP contribution < -0.4 is 15.4 Å². The SMILES string of the molecule is C.C.CCOc1nc(NC2CCC2)ncc1C(=O)N[C@@H]1CCCC[C@H](O)CC1. The Kier molecular flexibility index (Phi) is 10.2. The summed E-state index contributed by atoms with van der Waals surface area (Å²) in [4.78, 5) is 21.4. The van der Waals surface area contributed by atoms with Crippen molar-refractivity contribution in [3.05, 3.63) is 11.8 Å². The molecule has 3 rings (SSSR count). The molecule has 1 amide bonds. The summed E-state index contributed by atoms with van der Waals surface area (Å²) in [5, 5.41) is 16.2. The normalized spacial score (nSPS) is 22.4. The van der Waals surface area contributed by atoms with Gasteiger partial charge < -0.3 is 20.5 Å². The third kappa shape index (κ3) is 6.62. The van der Waals surface area contributed by atoms with Gasteiger partial charge in [0.25, 0.3) is 5.91 Å². The second kappa shape index (κ2) is 11.8. The molecule has 2 atom stereocenters. The molecule has 0 bridgehead atoms. The van der Waals surface area contributed by atoms with Gasteiger partial charge in [0.05, 0.1) is 12.7 Å². The molecule has 2 saturated carbocycles. The number of carbonyl (C=O) groups is 1. The highest BCUT2D eigenvalue weighted by Crippen LogP contribution is 2.24. The molecule has 7 heteroatoms. The summed E-state index contributed by atoms with van der Waals surface area (Å²) in [5.74, 6) is 0.639. The molecule has 0 spiro atoms. The predicted molar refractivity (Wildman–Crippen MR) is 113 cm³/mol. The van der Waals surface area contributed by atoms with E-state index in [1.165, 1.54) is 6.42 Å². The van der Waals surface area contributed by atoms with E-state index in [4.69, 9.17) is 4.74 Å². The molecule has 1 aromatic rings. The Hall–Kier alpha value is -1.89. The van der Waals surface area contributed by atoms with Gasteiger partial charge >= 0.3 is 0 Å². The van der Waals surface area contributed by atoms with E-state index in [1.807, 2.05) is 6.92 Å². The molecular formula is C21H38N4O3. The van der Waals surface area contributed by atoms with Crippen LogP contribution in [-0.2, 0) is 0 Å². The van der Waals surface area contributed by atoms with Crippen LogP contribution in [0.2, 0.25) is 0 Å². The zero-order valence-electron chi connectivity index (χ0n) is 15.5. The standard InChI is InChI=1S/C19H30N4O3.2CH4/c1-2-26-18-16(12-20-19(23-18)22-13-7-5-8-13)17(25)21-14-6-3-4-9-15(24)11-10-14;;/h12-15,24H,2-11H2,1H3,(H,21,25)(H,20,22,23);2*1H4/t14-,15+;;/m1../s1. The summed E-state index contributed by atoms with van der Waals surface area (Å²) in [5.41, 5.74) is 0.369. The van der Waals surface area contributed by atoms with E-state index in [0.717, 1.165) is 51.4 Å². The maximum Gasteiger partial charge on any atom is 0.258 e. The van der Waals surface area contributed by atoms with Crippen molar-refractivity contribution in [3.8, 4) is 5.88 Å². The fraction of sp³-hybridized carbons (Fsp3) is 0.762. The Morgan fingerprint density at radius 3 is 2.50 bits per heavy atom. The van der Waals surface area contributed by atoms with Gasteiger partial charge in [-0.2, -0.15) is 4.98 Å². The molecule has 28 heavy (non-hydrogen) atoms. The lowest BCUT2D eigenvalue weighted by Crippen LogP contribution is -2.36. The molecule has 0 aliphatic heterocycles. The fourth-order valence-electron chi connectivity index (χ4n) is 3.43. The van der Waals surface area contributed by atoms with Crippen molar-refractivity contribution in [1.29, 1.82) is 0 Å². The summed E-state index contributed by atoms with van der Waals surface area (Å²) in [7, 11) is 0. The zero-order valence-corrected chi connectivity index (χ0v) is 15.5. The topological polar surface area (TPSA) is 96.4 Å². The van der Waals surface area contributed by atoms with Crippen molar-refractivity contribution in [3.63, 3.8) is 0 Å². The van der Waals surface area contributed by atoms with E-state index in [0.29, 0.717) is 30.0 Å². The molecule has 2 aliphatic carbocycles. The van der Waals surface area contributed by atoms with Gasteiger partial charge in [-0.25, -0.2) is 4.98 Å². The Bertz CT molecular complexity index is 607. The molecule has 7 nitrogen and oxygen atoms in total. The number of rotatable bonds is 6. The highest BCUT2D eigenvalue weighted by molar-refractivity contribution is 5.96. The van der Waals surface area contributed by atoms with Crippen molar-refractivity contribution < 1.29 is 14.6 Å². The lowest BCUT2D eigenvalue weighted by atomic mass is 9.93. The Labute approximate surface area is 169 Å². The fourth-order valence-corrected chi connectivity index (χ4v) is 3.43. The van der Waals surface area contributed by atoms with Crippen molar-refractivity contribution >= 4 is 11.9 Å². The summed E-state index contributed by atoms with van der Waals surface area (Å²) in [6, 6.07) is 0.491. The number of carbonyl (C=O) groups excluding carboxylic acids is 1. The van der Waals surface area contributed by atoms with Crippen LogP contribution in [0, 0.1) is 0 Å². The van der Waals surface area contributed by atoms with Gasteiger partial charge in [0.1, 0.15) is 5.56 Å². The van der Waals surface area contributed by atoms with Gasteiger partial charge in [0.15, 0.2) is 0 Å². The van der Waals surface area contributed by atoms with Gasteiger partial charge in [-0.15, -0.1) is 0 Å². The highest BCUT2D eigenvalue weighted by Gasteiger charge is 2.23. The number of nitrogens with zero attached hydrogens (tertiary/aromatic N) is 2. The van der Waals surface area contributed by atoms with Gasteiger partial charge in [-0.05, 0) is 51.9 Å². The van der Waals surface area contributed by atoms with Gasteiger partial charge in [-0.1, -0.05) is 27.7 Å². The van der Waals surface area contributed by atoms with Gasteiger partial charge in [0.2, 0.25) is 11.8 Å². The van der Waals surface area contributed by atoms with Crippen LogP contribution in [0.1, 0.15) is 89.9 Å². The molecular weight excluding hydrogens is 356 g/mol. The van der Waals surface area contributed by atoms with Crippen molar-refractivity contribution in [2.24, 2.45) is 0 Å². The van der Waals surface area contributed by atoms with Crippen molar-refractivity contribution in [2.75, 3.05) is 11.9 Å². The first-order valence-electron chi connectivity index (χ1n) is 9.91. The number of nitrogens with one attached hydrogen (secondary N) is 2. The average Bonchev–Trinajstić information content (AvgIpc) is 2.58. The number of aliphatic hydroxyl groups excluding tert-OH is 1. The molecule has 0 radical (unpaired) electrons. The second-order valence-electron chi connectivity index (χ2n) is 7.30. The van der Waals surface area contributed by atoms with E-state index in [2.05, 4.69) is 20.6 Å². The number of anilines is 1. The predicted octanol–water partition coefficient (Wildman–Crippen LogP) is 3.93. The number of aliphatic hydroxyl groups is 1. The number of ether oxygens (including phenoxy) is 1. The number of aromatic nitrogens is 2. The van der Waals surface area contributed by atoms with E-state index in [9.17, 15) is 9.90 Å². The maximum atomic E-state index is 12.7. The molecule has 0 unspecified atom stereocenters. The molecule has 1 heterocycles. The largest absolute Gasteiger partial charge is 0.477 e. The molecule has 1 aromatic heterocycles. The number of hydrogen-bond donors (Lipinski definition) is 3. The lowest BCUT2D eigenvalue weighted by molar-refractivity contribution is 0.0905. The first-order chi connectivity index (χ1) is 12.7. The number of amides is 1. The van der Waals surface area contributed by atoms with Crippen LogP contribution in [0.25, 0.3) is 0 Å².